The summed E-state index contributed by atoms with van der Waals surface area (Å²) in [6, 6.07) is 0. The van der Waals surface area contributed by atoms with Crippen molar-refractivity contribution in [1.82, 2.24) is 0 Å². The second-order valence-electron chi connectivity index (χ2n) is 3.37. The molecule has 0 aliphatic rings. The van der Waals surface area contributed by atoms with Crippen LogP contribution in [0.4, 0.5) is 0 Å². The molecular formula is C10H18O. The third kappa shape index (κ3) is 5.86. The standard InChI is InChI=1S/C10H18O/c1-5-10(4,11)8-6-7-9(2)3/h5,11H,1-2,6-8H2,3-4H3. The van der Waals surface area contributed by atoms with Crippen LogP contribution in [0.15, 0.2) is 24.8 Å². The Kier molecular flexibility index (Phi) is 4.12. The molecule has 0 aromatic heterocycles. The number of hydrogen-bond donors (Lipinski definition) is 1. The summed E-state index contributed by atoms with van der Waals surface area (Å²) in [6.07, 6.45) is 4.33. The highest BCUT2D eigenvalue weighted by Gasteiger charge is 2.13. The van der Waals surface area contributed by atoms with Crippen LogP contribution in [0, 0.1) is 0 Å². The number of allylic oxidation sites excluding steroid dienone is 1. The minimum atomic E-state index is -0.699. The number of hydrogen-bond acceptors (Lipinski definition) is 1. The summed E-state index contributed by atoms with van der Waals surface area (Å²) in [5.41, 5.74) is 0.472. The maximum absolute atomic E-state index is 9.49. The lowest BCUT2D eigenvalue weighted by Crippen LogP contribution is -2.19. The van der Waals surface area contributed by atoms with Crippen LogP contribution in [-0.4, -0.2) is 10.7 Å². The second kappa shape index (κ2) is 4.35. The van der Waals surface area contributed by atoms with E-state index in [0.29, 0.717) is 0 Å². The third-order valence-corrected chi connectivity index (χ3v) is 1.73. The van der Waals surface area contributed by atoms with E-state index in [1.54, 1.807) is 13.0 Å². The molecule has 0 aliphatic carbocycles. The molecule has 1 nitrogen and oxygen atoms in total. The first-order chi connectivity index (χ1) is 4.98. The van der Waals surface area contributed by atoms with E-state index in [2.05, 4.69) is 13.2 Å². The van der Waals surface area contributed by atoms with Gasteiger partial charge < -0.3 is 5.11 Å². The fraction of sp³-hybridized carbons (Fsp3) is 0.600. The molecule has 1 unspecified atom stereocenters. The summed E-state index contributed by atoms with van der Waals surface area (Å²) >= 11 is 0. The van der Waals surface area contributed by atoms with Crippen molar-refractivity contribution < 1.29 is 5.11 Å². The third-order valence-electron chi connectivity index (χ3n) is 1.73. The Balaban J connectivity index is 3.53. The van der Waals surface area contributed by atoms with Crippen LogP contribution >= 0.6 is 0 Å². The van der Waals surface area contributed by atoms with Gasteiger partial charge in [0.25, 0.3) is 0 Å². The van der Waals surface area contributed by atoms with E-state index in [4.69, 9.17) is 0 Å². The van der Waals surface area contributed by atoms with Gasteiger partial charge in [-0.15, -0.1) is 13.2 Å². The van der Waals surface area contributed by atoms with E-state index >= 15 is 0 Å². The molecule has 0 fully saturated rings. The van der Waals surface area contributed by atoms with Crippen LogP contribution in [0.25, 0.3) is 0 Å². The van der Waals surface area contributed by atoms with Gasteiger partial charge in [-0.3, -0.25) is 0 Å². The van der Waals surface area contributed by atoms with Crippen molar-refractivity contribution in [2.24, 2.45) is 0 Å². The van der Waals surface area contributed by atoms with Crippen LogP contribution in [0.1, 0.15) is 33.1 Å². The van der Waals surface area contributed by atoms with Gasteiger partial charge in [-0.05, 0) is 33.1 Å². The first-order valence-electron chi connectivity index (χ1n) is 3.98. The number of aliphatic hydroxyl groups is 1. The van der Waals surface area contributed by atoms with Crippen molar-refractivity contribution in [1.29, 1.82) is 0 Å². The van der Waals surface area contributed by atoms with Gasteiger partial charge in [0.1, 0.15) is 0 Å². The predicted molar refractivity (Wildman–Crippen MR) is 49.5 cm³/mol. The van der Waals surface area contributed by atoms with Gasteiger partial charge in [-0.2, -0.15) is 0 Å². The van der Waals surface area contributed by atoms with Gasteiger partial charge in [-0.25, -0.2) is 0 Å². The molecule has 11 heavy (non-hydrogen) atoms. The molecule has 0 aromatic rings. The fourth-order valence-corrected chi connectivity index (χ4v) is 0.850. The minimum Gasteiger partial charge on any atom is -0.386 e. The quantitative estimate of drug-likeness (QED) is 0.604. The van der Waals surface area contributed by atoms with Crippen molar-refractivity contribution in [3.63, 3.8) is 0 Å². The second-order valence-corrected chi connectivity index (χ2v) is 3.37. The van der Waals surface area contributed by atoms with Gasteiger partial charge in [0, 0.05) is 0 Å². The van der Waals surface area contributed by atoms with Gasteiger partial charge in [0.15, 0.2) is 0 Å². The molecule has 0 aliphatic heterocycles. The molecule has 1 N–H and O–H groups in total. The SMILES string of the molecule is C=CC(C)(O)CCCC(=C)C. The van der Waals surface area contributed by atoms with Crippen molar-refractivity contribution in [2.45, 2.75) is 38.7 Å². The molecule has 0 amide bonds. The first-order valence-corrected chi connectivity index (χ1v) is 3.98. The molecule has 0 saturated heterocycles. The zero-order valence-electron chi connectivity index (χ0n) is 7.56. The average molecular weight is 154 g/mol. The molecule has 0 bridgehead atoms. The molecule has 0 radical (unpaired) electrons. The highest BCUT2D eigenvalue weighted by Crippen LogP contribution is 2.15. The summed E-state index contributed by atoms with van der Waals surface area (Å²) < 4.78 is 0. The Hall–Kier alpha value is -0.560. The highest BCUT2D eigenvalue weighted by atomic mass is 16.3. The predicted octanol–water partition coefficient (Wildman–Crippen LogP) is 2.67. The molecule has 1 atom stereocenters. The maximum Gasteiger partial charge on any atom is 0.0797 e. The Morgan fingerprint density at radius 3 is 2.55 bits per heavy atom. The lowest BCUT2D eigenvalue weighted by atomic mass is 9.98. The van der Waals surface area contributed by atoms with Gasteiger partial charge >= 0.3 is 0 Å². The molecule has 0 heterocycles. The summed E-state index contributed by atoms with van der Waals surface area (Å²) in [6.45, 7) is 11.1. The molecule has 64 valence electrons. The summed E-state index contributed by atoms with van der Waals surface area (Å²) in [5, 5.41) is 9.49. The molecule has 0 saturated carbocycles. The van der Waals surface area contributed by atoms with Crippen molar-refractivity contribution >= 4 is 0 Å². The van der Waals surface area contributed by atoms with E-state index in [-0.39, 0.29) is 0 Å². The number of rotatable bonds is 5. The van der Waals surface area contributed by atoms with Crippen LogP contribution < -0.4 is 0 Å². The largest absolute Gasteiger partial charge is 0.386 e. The maximum atomic E-state index is 9.49. The van der Waals surface area contributed by atoms with Crippen LogP contribution in [0.2, 0.25) is 0 Å². The molecule has 1 heteroatoms. The fourth-order valence-electron chi connectivity index (χ4n) is 0.850. The van der Waals surface area contributed by atoms with Crippen LogP contribution in [0.5, 0.6) is 0 Å². The van der Waals surface area contributed by atoms with Gasteiger partial charge in [0.2, 0.25) is 0 Å². The van der Waals surface area contributed by atoms with Crippen LogP contribution in [0.3, 0.4) is 0 Å². The Morgan fingerprint density at radius 2 is 2.18 bits per heavy atom. The molecule has 0 rings (SSSR count). The lowest BCUT2D eigenvalue weighted by molar-refractivity contribution is 0.0999. The minimum absolute atomic E-state index is 0.699. The Morgan fingerprint density at radius 1 is 1.64 bits per heavy atom. The zero-order chi connectivity index (χ0) is 8.91. The summed E-state index contributed by atoms with van der Waals surface area (Å²) in [7, 11) is 0. The topological polar surface area (TPSA) is 20.2 Å². The van der Waals surface area contributed by atoms with E-state index < -0.39 is 5.60 Å². The molecule has 0 spiro atoms. The summed E-state index contributed by atoms with van der Waals surface area (Å²) in [5.74, 6) is 0. The van der Waals surface area contributed by atoms with E-state index in [9.17, 15) is 5.11 Å². The normalized spacial score (nSPS) is 15.5. The van der Waals surface area contributed by atoms with Crippen molar-refractivity contribution in [2.75, 3.05) is 0 Å². The van der Waals surface area contributed by atoms with Gasteiger partial charge in [-0.1, -0.05) is 11.6 Å². The Bertz CT molecular complexity index is 145. The van der Waals surface area contributed by atoms with E-state index in [1.807, 2.05) is 6.92 Å². The smallest absolute Gasteiger partial charge is 0.0797 e. The first kappa shape index (κ1) is 10.4. The lowest BCUT2D eigenvalue weighted by Gasteiger charge is -2.17. The van der Waals surface area contributed by atoms with Gasteiger partial charge in [0.05, 0.1) is 5.60 Å². The molecule has 0 aromatic carbocycles. The average Bonchev–Trinajstić information content (AvgIpc) is 1.87. The Labute approximate surface area is 69.4 Å². The monoisotopic (exact) mass is 154 g/mol. The van der Waals surface area contributed by atoms with E-state index in [0.717, 1.165) is 19.3 Å². The van der Waals surface area contributed by atoms with E-state index in [1.165, 1.54) is 5.57 Å². The zero-order valence-corrected chi connectivity index (χ0v) is 7.56. The van der Waals surface area contributed by atoms with Crippen molar-refractivity contribution in [3.8, 4) is 0 Å². The highest BCUT2D eigenvalue weighted by molar-refractivity contribution is 4.94. The summed E-state index contributed by atoms with van der Waals surface area (Å²) in [4.78, 5) is 0. The van der Waals surface area contributed by atoms with Crippen LogP contribution in [-0.2, 0) is 0 Å². The van der Waals surface area contributed by atoms with Crippen molar-refractivity contribution in [3.05, 3.63) is 24.8 Å². The molecular weight excluding hydrogens is 136 g/mol.